The Balaban J connectivity index is 2.86. The fraction of sp³-hybridized carbons (Fsp3) is 0.875. The standard InChI is InChI=1S/C8H15NO6/c1-8(9,7(12)13)5-3(10)4(11)6(14-2)15-5/h3-6,10-11H,9H2,1-2H3,(H,12,13)/t3-,4+,5?,6+,8+/m1/s1. The molecule has 0 bridgehead atoms. The second-order valence-electron chi connectivity index (χ2n) is 3.73. The van der Waals surface area contributed by atoms with Crippen LogP contribution in [0.4, 0.5) is 0 Å². The zero-order chi connectivity index (χ0) is 11.8. The number of methoxy groups -OCH3 is 1. The molecule has 1 saturated heterocycles. The average Bonchev–Trinajstić information content (AvgIpc) is 2.44. The number of aliphatic hydroxyl groups excluding tert-OH is 2. The molecule has 0 aliphatic carbocycles. The maximum atomic E-state index is 10.8. The molecule has 1 rings (SSSR count). The molecule has 0 spiro atoms. The molecular weight excluding hydrogens is 206 g/mol. The summed E-state index contributed by atoms with van der Waals surface area (Å²) in [5.74, 6) is -1.32. The predicted octanol–water partition coefficient (Wildman–Crippen LogP) is -2.12. The highest BCUT2D eigenvalue weighted by Crippen LogP contribution is 2.28. The fourth-order valence-corrected chi connectivity index (χ4v) is 1.46. The summed E-state index contributed by atoms with van der Waals surface area (Å²) >= 11 is 0. The molecule has 0 aromatic carbocycles. The maximum absolute atomic E-state index is 10.8. The summed E-state index contributed by atoms with van der Waals surface area (Å²) in [6.07, 6.45) is -4.97. The highest BCUT2D eigenvalue weighted by Gasteiger charge is 2.53. The number of hydrogen-bond acceptors (Lipinski definition) is 6. The largest absolute Gasteiger partial charge is 0.480 e. The third-order valence-corrected chi connectivity index (χ3v) is 2.50. The molecular formula is C8H15NO6. The van der Waals surface area contributed by atoms with Crippen molar-refractivity contribution in [2.24, 2.45) is 5.73 Å². The molecule has 0 aromatic rings. The minimum absolute atomic E-state index is 1.06. The number of aliphatic hydroxyl groups is 2. The Kier molecular flexibility index (Phi) is 3.31. The number of hydrogen-bond donors (Lipinski definition) is 4. The van der Waals surface area contributed by atoms with Crippen LogP contribution < -0.4 is 5.73 Å². The first kappa shape index (κ1) is 12.3. The Bertz CT molecular complexity index is 256. The highest BCUT2D eigenvalue weighted by molar-refractivity contribution is 5.79. The molecule has 88 valence electrons. The molecule has 5 atom stereocenters. The van der Waals surface area contributed by atoms with Crippen molar-refractivity contribution < 1.29 is 29.6 Å². The quantitative estimate of drug-likeness (QED) is 0.429. The summed E-state index contributed by atoms with van der Waals surface area (Å²) in [4.78, 5) is 10.8. The van der Waals surface area contributed by atoms with Crippen molar-refractivity contribution in [1.29, 1.82) is 0 Å². The van der Waals surface area contributed by atoms with Gasteiger partial charge in [-0.3, -0.25) is 4.79 Å². The van der Waals surface area contributed by atoms with E-state index >= 15 is 0 Å². The number of rotatable bonds is 3. The summed E-state index contributed by atoms with van der Waals surface area (Å²) in [6.45, 7) is 1.20. The van der Waals surface area contributed by atoms with Crippen LogP contribution in [0.2, 0.25) is 0 Å². The van der Waals surface area contributed by atoms with Crippen molar-refractivity contribution in [3.05, 3.63) is 0 Å². The van der Waals surface area contributed by atoms with E-state index in [9.17, 15) is 15.0 Å². The van der Waals surface area contributed by atoms with E-state index in [0.29, 0.717) is 0 Å². The minimum atomic E-state index is -1.78. The summed E-state index contributed by atoms with van der Waals surface area (Å²) in [5.41, 5.74) is 3.70. The normalized spacial score (nSPS) is 40.1. The van der Waals surface area contributed by atoms with Crippen LogP contribution in [0.15, 0.2) is 0 Å². The SMILES string of the molecule is CO[C@H]1OC([C@](C)(N)C(=O)O)[C@H](O)[C@@H]1O. The van der Waals surface area contributed by atoms with Crippen LogP contribution in [-0.2, 0) is 14.3 Å². The van der Waals surface area contributed by atoms with Gasteiger partial charge in [0.1, 0.15) is 23.9 Å². The van der Waals surface area contributed by atoms with Gasteiger partial charge in [0.25, 0.3) is 0 Å². The lowest BCUT2D eigenvalue weighted by atomic mass is 9.91. The van der Waals surface area contributed by atoms with E-state index in [1.54, 1.807) is 0 Å². The van der Waals surface area contributed by atoms with Gasteiger partial charge in [-0.05, 0) is 6.92 Å². The van der Waals surface area contributed by atoms with E-state index < -0.39 is 36.1 Å². The van der Waals surface area contributed by atoms with Gasteiger partial charge in [0.2, 0.25) is 0 Å². The number of carboxylic acid groups (broad SMARTS) is 1. The van der Waals surface area contributed by atoms with E-state index in [1.807, 2.05) is 0 Å². The second kappa shape index (κ2) is 4.03. The minimum Gasteiger partial charge on any atom is -0.480 e. The third-order valence-electron chi connectivity index (χ3n) is 2.50. The number of nitrogens with two attached hydrogens (primary N) is 1. The van der Waals surface area contributed by atoms with Crippen LogP contribution in [-0.4, -0.2) is 58.5 Å². The van der Waals surface area contributed by atoms with E-state index in [-0.39, 0.29) is 0 Å². The molecule has 0 aromatic heterocycles. The van der Waals surface area contributed by atoms with Crippen LogP contribution in [0, 0.1) is 0 Å². The van der Waals surface area contributed by atoms with Crippen LogP contribution in [0.25, 0.3) is 0 Å². The van der Waals surface area contributed by atoms with Crippen molar-refractivity contribution in [2.75, 3.05) is 7.11 Å². The lowest BCUT2D eigenvalue weighted by Gasteiger charge is -2.28. The molecule has 1 fully saturated rings. The maximum Gasteiger partial charge on any atom is 0.326 e. The van der Waals surface area contributed by atoms with E-state index in [1.165, 1.54) is 14.0 Å². The Labute approximate surface area is 86.4 Å². The molecule has 15 heavy (non-hydrogen) atoms. The van der Waals surface area contributed by atoms with Crippen molar-refractivity contribution >= 4 is 5.97 Å². The monoisotopic (exact) mass is 221 g/mol. The van der Waals surface area contributed by atoms with Crippen LogP contribution >= 0.6 is 0 Å². The topological polar surface area (TPSA) is 122 Å². The van der Waals surface area contributed by atoms with Gasteiger partial charge in [-0.15, -0.1) is 0 Å². The van der Waals surface area contributed by atoms with Crippen molar-refractivity contribution in [1.82, 2.24) is 0 Å². The van der Waals surface area contributed by atoms with Gasteiger partial charge in [0.05, 0.1) is 0 Å². The van der Waals surface area contributed by atoms with Gasteiger partial charge in [0, 0.05) is 7.11 Å². The lowest BCUT2D eigenvalue weighted by Crippen LogP contribution is -2.59. The first-order valence-electron chi connectivity index (χ1n) is 4.39. The van der Waals surface area contributed by atoms with Crippen molar-refractivity contribution in [3.8, 4) is 0 Å². The molecule has 1 aliphatic rings. The van der Waals surface area contributed by atoms with Gasteiger partial charge in [-0.2, -0.15) is 0 Å². The summed E-state index contributed by atoms with van der Waals surface area (Å²) in [7, 11) is 1.28. The summed E-state index contributed by atoms with van der Waals surface area (Å²) < 4.78 is 9.75. The molecule has 1 aliphatic heterocycles. The van der Waals surface area contributed by atoms with E-state index in [2.05, 4.69) is 0 Å². The Morgan fingerprint density at radius 1 is 1.47 bits per heavy atom. The van der Waals surface area contributed by atoms with Crippen molar-refractivity contribution in [2.45, 2.75) is 37.1 Å². The Morgan fingerprint density at radius 2 is 2.00 bits per heavy atom. The zero-order valence-electron chi connectivity index (χ0n) is 8.45. The van der Waals surface area contributed by atoms with Crippen molar-refractivity contribution in [3.63, 3.8) is 0 Å². The Hall–Kier alpha value is -0.730. The first-order chi connectivity index (χ1) is 6.82. The van der Waals surface area contributed by atoms with Gasteiger partial charge >= 0.3 is 5.97 Å². The van der Waals surface area contributed by atoms with Gasteiger partial charge in [-0.25, -0.2) is 0 Å². The average molecular weight is 221 g/mol. The van der Waals surface area contributed by atoms with Gasteiger partial charge < -0.3 is 30.5 Å². The lowest BCUT2D eigenvalue weighted by molar-refractivity contribution is -0.169. The molecule has 0 radical (unpaired) electrons. The van der Waals surface area contributed by atoms with Gasteiger partial charge in [0.15, 0.2) is 6.29 Å². The molecule has 5 N–H and O–H groups in total. The van der Waals surface area contributed by atoms with Crippen LogP contribution in [0.1, 0.15) is 6.92 Å². The predicted molar refractivity (Wildman–Crippen MR) is 47.9 cm³/mol. The summed E-state index contributed by atoms with van der Waals surface area (Å²) in [6, 6.07) is 0. The Morgan fingerprint density at radius 3 is 2.33 bits per heavy atom. The number of carboxylic acids is 1. The fourth-order valence-electron chi connectivity index (χ4n) is 1.46. The molecule has 7 heteroatoms. The molecule has 1 heterocycles. The second-order valence-corrected chi connectivity index (χ2v) is 3.73. The molecule has 1 unspecified atom stereocenters. The first-order valence-corrected chi connectivity index (χ1v) is 4.39. The smallest absolute Gasteiger partial charge is 0.326 e. The number of ether oxygens (including phenoxy) is 2. The number of aliphatic carboxylic acids is 1. The van der Waals surface area contributed by atoms with E-state index in [0.717, 1.165) is 0 Å². The van der Waals surface area contributed by atoms with Gasteiger partial charge in [-0.1, -0.05) is 0 Å². The van der Waals surface area contributed by atoms with Crippen LogP contribution in [0.5, 0.6) is 0 Å². The number of carbonyl (C=O) groups is 1. The summed E-state index contributed by atoms with van der Waals surface area (Å²) in [5, 5.41) is 27.8. The zero-order valence-corrected chi connectivity index (χ0v) is 8.45. The molecule has 0 amide bonds. The highest BCUT2D eigenvalue weighted by atomic mass is 16.7. The van der Waals surface area contributed by atoms with E-state index in [4.69, 9.17) is 20.3 Å². The molecule has 0 saturated carbocycles. The molecule has 7 nitrogen and oxygen atoms in total. The van der Waals surface area contributed by atoms with Crippen LogP contribution in [0.3, 0.4) is 0 Å². The third kappa shape index (κ3) is 1.97.